The SMILES string of the molecule is CN(CCS)CCCN(C)c1ccccc1C=O. The molecule has 3 nitrogen and oxygen atoms in total. The Kier molecular flexibility index (Phi) is 6.83. The molecular weight excluding hydrogens is 244 g/mol. The summed E-state index contributed by atoms with van der Waals surface area (Å²) < 4.78 is 0. The van der Waals surface area contributed by atoms with E-state index in [1.807, 2.05) is 31.3 Å². The van der Waals surface area contributed by atoms with E-state index in [1.165, 1.54) is 0 Å². The van der Waals surface area contributed by atoms with E-state index in [0.717, 1.165) is 49.3 Å². The predicted octanol–water partition coefficient (Wildman–Crippen LogP) is 2.19. The maximum Gasteiger partial charge on any atom is 0.152 e. The highest BCUT2D eigenvalue weighted by Crippen LogP contribution is 2.17. The van der Waals surface area contributed by atoms with Crippen LogP contribution in [0.25, 0.3) is 0 Å². The van der Waals surface area contributed by atoms with Gasteiger partial charge in [-0.3, -0.25) is 4.79 Å². The van der Waals surface area contributed by atoms with E-state index in [2.05, 4.69) is 29.5 Å². The fourth-order valence-electron chi connectivity index (χ4n) is 1.92. The van der Waals surface area contributed by atoms with Crippen LogP contribution < -0.4 is 4.90 Å². The summed E-state index contributed by atoms with van der Waals surface area (Å²) >= 11 is 4.22. The average molecular weight is 266 g/mol. The molecule has 1 aromatic rings. The van der Waals surface area contributed by atoms with Gasteiger partial charge >= 0.3 is 0 Å². The van der Waals surface area contributed by atoms with Crippen molar-refractivity contribution in [3.05, 3.63) is 29.8 Å². The first kappa shape index (κ1) is 15.1. The van der Waals surface area contributed by atoms with Crippen molar-refractivity contribution in [3.8, 4) is 0 Å². The van der Waals surface area contributed by atoms with E-state index in [4.69, 9.17) is 0 Å². The van der Waals surface area contributed by atoms with Gasteiger partial charge in [0.1, 0.15) is 0 Å². The van der Waals surface area contributed by atoms with Crippen molar-refractivity contribution >= 4 is 24.6 Å². The smallest absolute Gasteiger partial charge is 0.152 e. The third-order valence-corrected chi connectivity index (χ3v) is 3.19. The molecule has 0 saturated carbocycles. The molecule has 4 heteroatoms. The summed E-state index contributed by atoms with van der Waals surface area (Å²) in [5.41, 5.74) is 1.76. The van der Waals surface area contributed by atoms with Crippen molar-refractivity contribution in [1.29, 1.82) is 0 Å². The van der Waals surface area contributed by atoms with E-state index in [0.29, 0.717) is 0 Å². The van der Waals surface area contributed by atoms with Gasteiger partial charge in [0.05, 0.1) is 0 Å². The van der Waals surface area contributed by atoms with Gasteiger partial charge in [-0.15, -0.1) is 0 Å². The van der Waals surface area contributed by atoms with Crippen LogP contribution in [0.1, 0.15) is 16.8 Å². The van der Waals surface area contributed by atoms with Gasteiger partial charge in [0.2, 0.25) is 0 Å². The molecule has 0 aliphatic heterocycles. The number of rotatable bonds is 8. The number of thiol groups is 1. The maximum atomic E-state index is 11.0. The lowest BCUT2D eigenvalue weighted by molar-refractivity contribution is 0.112. The number of nitrogens with zero attached hydrogens (tertiary/aromatic N) is 2. The zero-order chi connectivity index (χ0) is 13.4. The summed E-state index contributed by atoms with van der Waals surface area (Å²) in [7, 11) is 4.14. The number of carbonyl (C=O) groups is 1. The first-order chi connectivity index (χ1) is 8.69. The van der Waals surface area contributed by atoms with Gasteiger partial charge in [0.15, 0.2) is 6.29 Å². The molecule has 0 spiro atoms. The Bertz CT molecular complexity index is 371. The van der Waals surface area contributed by atoms with Gasteiger partial charge in [-0.05, 0) is 32.1 Å². The molecule has 0 N–H and O–H groups in total. The Morgan fingerprint density at radius 1 is 1.17 bits per heavy atom. The summed E-state index contributed by atoms with van der Waals surface area (Å²) in [6, 6.07) is 7.69. The normalized spacial score (nSPS) is 10.7. The maximum absolute atomic E-state index is 11.0. The fourth-order valence-corrected chi connectivity index (χ4v) is 2.26. The van der Waals surface area contributed by atoms with Crippen molar-refractivity contribution in [3.63, 3.8) is 0 Å². The number of carbonyl (C=O) groups excluding carboxylic acids is 1. The molecule has 0 amide bonds. The van der Waals surface area contributed by atoms with Crippen molar-refractivity contribution in [2.75, 3.05) is 44.4 Å². The Balaban J connectivity index is 2.45. The summed E-state index contributed by atoms with van der Waals surface area (Å²) in [4.78, 5) is 15.4. The minimum Gasteiger partial charge on any atom is -0.374 e. The second-order valence-corrected chi connectivity index (χ2v) is 4.93. The van der Waals surface area contributed by atoms with Crippen LogP contribution >= 0.6 is 12.6 Å². The lowest BCUT2D eigenvalue weighted by Gasteiger charge is -2.22. The van der Waals surface area contributed by atoms with Gasteiger partial charge in [0.25, 0.3) is 0 Å². The second-order valence-electron chi connectivity index (χ2n) is 4.48. The number of hydrogen-bond acceptors (Lipinski definition) is 4. The van der Waals surface area contributed by atoms with Crippen LogP contribution in [-0.2, 0) is 0 Å². The minimum atomic E-state index is 0.753. The highest BCUT2D eigenvalue weighted by atomic mass is 32.1. The molecule has 0 heterocycles. The van der Waals surface area contributed by atoms with Crippen molar-refractivity contribution in [1.82, 2.24) is 4.90 Å². The Hall–Kier alpha value is -1.00. The first-order valence-corrected chi connectivity index (χ1v) is 6.87. The van der Waals surface area contributed by atoms with Crippen molar-refractivity contribution in [2.24, 2.45) is 0 Å². The molecule has 1 rings (SSSR count). The van der Waals surface area contributed by atoms with E-state index in [-0.39, 0.29) is 0 Å². The molecule has 0 aliphatic carbocycles. The molecule has 0 unspecified atom stereocenters. The van der Waals surface area contributed by atoms with Crippen molar-refractivity contribution < 1.29 is 4.79 Å². The Labute approximate surface area is 115 Å². The predicted molar refractivity (Wildman–Crippen MR) is 81.1 cm³/mol. The monoisotopic (exact) mass is 266 g/mol. The largest absolute Gasteiger partial charge is 0.374 e. The Morgan fingerprint density at radius 3 is 2.56 bits per heavy atom. The van der Waals surface area contributed by atoms with Crippen LogP contribution in [0.15, 0.2) is 24.3 Å². The molecule has 100 valence electrons. The first-order valence-electron chi connectivity index (χ1n) is 6.23. The van der Waals surface area contributed by atoms with E-state index in [9.17, 15) is 4.79 Å². The highest BCUT2D eigenvalue weighted by molar-refractivity contribution is 7.80. The van der Waals surface area contributed by atoms with Crippen LogP contribution in [0, 0.1) is 0 Å². The van der Waals surface area contributed by atoms with Crippen LogP contribution in [0.4, 0.5) is 5.69 Å². The van der Waals surface area contributed by atoms with Gasteiger partial charge in [-0.2, -0.15) is 12.6 Å². The molecule has 1 aromatic carbocycles. The van der Waals surface area contributed by atoms with Crippen molar-refractivity contribution in [2.45, 2.75) is 6.42 Å². The van der Waals surface area contributed by atoms with Crippen LogP contribution in [0.5, 0.6) is 0 Å². The second kappa shape index (κ2) is 8.16. The number of hydrogen-bond donors (Lipinski definition) is 1. The van der Waals surface area contributed by atoms with Crippen LogP contribution in [0.3, 0.4) is 0 Å². The number of aldehydes is 1. The Morgan fingerprint density at radius 2 is 1.89 bits per heavy atom. The molecule has 18 heavy (non-hydrogen) atoms. The topological polar surface area (TPSA) is 23.6 Å². The summed E-state index contributed by atoms with van der Waals surface area (Å²) in [6.07, 6.45) is 1.99. The molecule has 0 fully saturated rings. The molecule has 0 aromatic heterocycles. The zero-order valence-corrected chi connectivity index (χ0v) is 12.1. The van der Waals surface area contributed by atoms with Gasteiger partial charge in [-0.1, -0.05) is 12.1 Å². The average Bonchev–Trinajstić information content (AvgIpc) is 2.38. The summed E-state index contributed by atoms with van der Waals surface area (Å²) in [5, 5.41) is 0. The molecular formula is C14H22N2OS. The third-order valence-electron chi connectivity index (χ3n) is 2.99. The van der Waals surface area contributed by atoms with Gasteiger partial charge in [-0.25, -0.2) is 0 Å². The van der Waals surface area contributed by atoms with E-state index < -0.39 is 0 Å². The minimum absolute atomic E-state index is 0.753. The molecule has 0 aliphatic rings. The number of para-hydroxylation sites is 1. The van der Waals surface area contributed by atoms with E-state index in [1.54, 1.807) is 0 Å². The summed E-state index contributed by atoms with van der Waals surface area (Å²) in [6.45, 7) is 3.01. The highest BCUT2D eigenvalue weighted by Gasteiger charge is 2.06. The lowest BCUT2D eigenvalue weighted by atomic mass is 10.2. The summed E-state index contributed by atoms with van der Waals surface area (Å²) in [5.74, 6) is 0.889. The number of benzene rings is 1. The van der Waals surface area contributed by atoms with Gasteiger partial charge < -0.3 is 9.80 Å². The lowest BCUT2D eigenvalue weighted by Crippen LogP contribution is -2.27. The molecule has 0 bridgehead atoms. The zero-order valence-electron chi connectivity index (χ0n) is 11.2. The molecule has 0 radical (unpaired) electrons. The fraction of sp³-hybridized carbons (Fsp3) is 0.500. The number of anilines is 1. The molecule has 0 atom stereocenters. The van der Waals surface area contributed by atoms with Crippen LogP contribution in [0.2, 0.25) is 0 Å². The van der Waals surface area contributed by atoms with E-state index >= 15 is 0 Å². The molecule has 0 saturated heterocycles. The third kappa shape index (κ3) is 4.70. The standard InChI is InChI=1S/C14H22N2OS/c1-15(10-11-18)8-5-9-16(2)14-7-4-3-6-13(14)12-17/h3-4,6-7,12,18H,5,8-11H2,1-2H3. The van der Waals surface area contributed by atoms with Gasteiger partial charge in [0, 0.05) is 37.1 Å². The van der Waals surface area contributed by atoms with Crippen LogP contribution in [-0.4, -0.2) is 50.7 Å². The quantitative estimate of drug-likeness (QED) is 0.576.